The third kappa shape index (κ3) is 4.36. The van der Waals surface area contributed by atoms with Crippen LogP contribution in [-0.2, 0) is 6.54 Å². The molecule has 0 saturated carbocycles. The fourth-order valence-electron chi connectivity index (χ4n) is 2.96. The lowest BCUT2D eigenvalue weighted by molar-refractivity contribution is 0.0952. The summed E-state index contributed by atoms with van der Waals surface area (Å²) in [5.41, 5.74) is 3.21. The molecule has 0 radical (unpaired) electrons. The predicted molar refractivity (Wildman–Crippen MR) is 115 cm³/mol. The van der Waals surface area contributed by atoms with Crippen molar-refractivity contribution in [2.75, 3.05) is 13.2 Å². The fourth-order valence-corrected chi connectivity index (χ4v) is 3.47. The number of hydrogen-bond donors (Lipinski definition) is 1. The summed E-state index contributed by atoms with van der Waals surface area (Å²) in [7, 11) is 0. The van der Waals surface area contributed by atoms with E-state index in [1.807, 2.05) is 31.2 Å². The highest BCUT2D eigenvalue weighted by molar-refractivity contribution is 7.00. The maximum absolute atomic E-state index is 12.4. The number of benzene rings is 2. The van der Waals surface area contributed by atoms with Crippen LogP contribution in [0, 0.1) is 0 Å². The van der Waals surface area contributed by atoms with Crippen LogP contribution in [-0.4, -0.2) is 37.4 Å². The largest absolute Gasteiger partial charge is 0.494 e. The van der Waals surface area contributed by atoms with Gasteiger partial charge in [0.2, 0.25) is 0 Å². The molecule has 4 aromatic rings. The monoisotopic (exact) mass is 421 g/mol. The molecule has 1 amide bonds. The SMILES string of the molecule is CCOc1ccc(-c2cc(=O)n(CCNC(=O)c3ccc4nsnc4c3)cn2)cc1. The number of nitrogens with zero attached hydrogens (tertiary/aromatic N) is 4. The van der Waals surface area contributed by atoms with Gasteiger partial charge in [-0.1, -0.05) is 0 Å². The highest BCUT2D eigenvalue weighted by atomic mass is 32.1. The van der Waals surface area contributed by atoms with E-state index in [4.69, 9.17) is 4.74 Å². The molecule has 0 fully saturated rings. The summed E-state index contributed by atoms with van der Waals surface area (Å²) in [6, 6.07) is 14.1. The van der Waals surface area contributed by atoms with Crippen molar-refractivity contribution in [3.63, 3.8) is 0 Å². The third-order valence-corrected chi connectivity index (χ3v) is 5.05. The van der Waals surface area contributed by atoms with E-state index in [9.17, 15) is 9.59 Å². The highest BCUT2D eigenvalue weighted by Crippen LogP contribution is 2.19. The molecule has 4 rings (SSSR count). The van der Waals surface area contributed by atoms with Gasteiger partial charge >= 0.3 is 0 Å². The molecular formula is C21H19N5O3S. The van der Waals surface area contributed by atoms with Gasteiger partial charge in [-0.2, -0.15) is 8.75 Å². The Morgan fingerprint density at radius 1 is 1.10 bits per heavy atom. The van der Waals surface area contributed by atoms with E-state index in [0.29, 0.717) is 36.5 Å². The number of carbonyl (C=O) groups is 1. The lowest BCUT2D eigenvalue weighted by Gasteiger charge is -2.09. The minimum atomic E-state index is -0.225. The van der Waals surface area contributed by atoms with E-state index >= 15 is 0 Å². The number of fused-ring (bicyclic) bond motifs is 1. The van der Waals surface area contributed by atoms with E-state index in [1.165, 1.54) is 17.0 Å². The first-order valence-electron chi connectivity index (χ1n) is 9.44. The Labute approximate surface area is 176 Å². The number of aromatic nitrogens is 4. The molecule has 0 saturated heterocycles. The van der Waals surface area contributed by atoms with E-state index in [-0.39, 0.29) is 11.5 Å². The van der Waals surface area contributed by atoms with Crippen molar-refractivity contribution < 1.29 is 9.53 Å². The van der Waals surface area contributed by atoms with Crippen LogP contribution in [0.1, 0.15) is 17.3 Å². The highest BCUT2D eigenvalue weighted by Gasteiger charge is 2.09. The molecule has 0 bridgehead atoms. The maximum atomic E-state index is 12.4. The molecule has 9 heteroatoms. The first-order valence-corrected chi connectivity index (χ1v) is 10.2. The van der Waals surface area contributed by atoms with E-state index in [0.717, 1.165) is 28.6 Å². The molecule has 2 heterocycles. The summed E-state index contributed by atoms with van der Waals surface area (Å²) in [4.78, 5) is 29.1. The van der Waals surface area contributed by atoms with Gasteiger partial charge in [0, 0.05) is 30.3 Å². The van der Waals surface area contributed by atoms with Gasteiger partial charge in [-0.15, -0.1) is 0 Å². The molecule has 8 nitrogen and oxygen atoms in total. The Balaban J connectivity index is 1.37. The Morgan fingerprint density at radius 2 is 1.90 bits per heavy atom. The number of rotatable bonds is 7. The number of ether oxygens (including phenoxy) is 1. The van der Waals surface area contributed by atoms with Crippen LogP contribution in [0.5, 0.6) is 5.75 Å². The normalized spacial score (nSPS) is 10.8. The second-order valence-electron chi connectivity index (χ2n) is 6.49. The first-order chi connectivity index (χ1) is 14.6. The molecule has 2 aromatic carbocycles. The third-order valence-electron chi connectivity index (χ3n) is 4.49. The van der Waals surface area contributed by atoms with Crippen molar-refractivity contribution in [2.45, 2.75) is 13.5 Å². The zero-order chi connectivity index (χ0) is 20.9. The standard InChI is InChI=1S/C21H19N5O3S/c1-2-29-16-6-3-14(4-7-16)18-12-20(27)26(13-23-18)10-9-22-21(28)15-5-8-17-19(11-15)25-30-24-17/h3-8,11-13H,2,9-10H2,1H3,(H,22,28). The predicted octanol–water partition coefficient (Wildman–Crippen LogP) is 2.74. The van der Waals surface area contributed by atoms with Crippen molar-refractivity contribution in [3.8, 4) is 17.0 Å². The van der Waals surface area contributed by atoms with Gasteiger partial charge in [0.1, 0.15) is 16.8 Å². The van der Waals surface area contributed by atoms with Gasteiger partial charge in [0.25, 0.3) is 11.5 Å². The summed E-state index contributed by atoms with van der Waals surface area (Å²) in [6.45, 7) is 3.15. The molecule has 152 valence electrons. The smallest absolute Gasteiger partial charge is 0.253 e. The molecule has 0 unspecified atom stereocenters. The van der Waals surface area contributed by atoms with Gasteiger partial charge in [0.05, 0.1) is 30.4 Å². The zero-order valence-corrected chi connectivity index (χ0v) is 17.1. The Kier molecular flexibility index (Phi) is 5.80. The molecule has 0 aliphatic rings. The molecule has 2 aromatic heterocycles. The quantitative estimate of drug-likeness (QED) is 0.493. The van der Waals surface area contributed by atoms with Crippen LogP contribution in [0.15, 0.2) is 59.7 Å². The molecule has 0 spiro atoms. The van der Waals surface area contributed by atoms with Gasteiger partial charge in [-0.3, -0.25) is 14.2 Å². The number of hydrogen-bond acceptors (Lipinski definition) is 7. The lowest BCUT2D eigenvalue weighted by atomic mass is 10.1. The summed E-state index contributed by atoms with van der Waals surface area (Å²) < 4.78 is 15.1. The molecule has 0 aliphatic carbocycles. The molecular weight excluding hydrogens is 402 g/mol. The Bertz CT molecular complexity index is 1230. The second-order valence-corrected chi connectivity index (χ2v) is 7.02. The van der Waals surface area contributed by atoms with Gasteiger partial charge in [-0.25, -0.2) is 4.98 Å². The molecule has 0 atom stereocenters. The van der Waals surface area contributed by atoms with Crippen LogP contribution in [0.25, 0.3) is 22.3 Å². The van der Waals surface area contributed by atoms with E-state index in [2.05, 4.69) is 19.0 Å². The average Bonchev–Trinajstić information content (AvgIpc) is 3.23. The van der Waals surface area contributed by atoms with Crippen LogP contribution >= 0.6 is 11.7 Å². The number of carbonyl (C=O) groups excluding carboxylic acids is 1. The van der Waals surface area contributed by atoms with Crippen molar-refractivity contribution in [1.82, 2.24) is 23.6 Å². The van der Waals surface area contributed by atoms with Crippen molar-refractivity contribution in [1.29, 1.82) is 0 Å². The topological polar surface area (TPSA) is 99.0 Å². The van der Waals surface area contributed by atoms with Crippen molar-refractivity contribution in [3.05, 3.63) is 70.8 Å². The van der Waals surface area contributed by atoms with Gasteiger partial charge in [0.15, 0.2) is 0 Å². The Hall–Kier alpha value is -3.59. The van der Waals surface area contributed by atoms with Crippen LogP contribution in [0.2, 0.25) is 0 Å². The average molecular weight is 421 g/mol. The van der Waals surface area contributed by atoms with Crippen LogP contribution < -0.4 is 15.6 Å². The summed E-state index contributed by atoms with van der Waals surface area (Å²) in [6.07, 6.45) is 1.49. The second kappa shape index (κ2) is 8.83. The molecule has 30 heavy (non-hydrogen) atoms. The molecule has 1 N–H and O–H groups in total. The van der Waals surface area contributed by atoms with E-state index < -0.39 is 0 Å². The summed E-state index contributed by atoms with van der Waals surface area (Å²) in [5.74, 6) is 0.549. The van der Waals surface area contributed by atoms with Gasteiger partial charge < -0.3 is 10.1 Å². The zero-order valence-electron chi connectivity index (χ0n) is 16.2. The van der Waals surface area contributed by atoms with Crippen molar-refractivity contribution in [2.24, 2.45) is 0 Å². The maximum Gasteiger partial charge on any atom is 0.253 e. The number of nitrogens with one attached hydrogen (secondary N) is 1. The van der Waals surface area contributed by atoms with Crippen molar-refractivity contribution >= 4 is 28.7 Å². The molecule has 0 aliphatic heterocycles. The first kappa shape index (κ1) is 19.7. The van der Waals surface area contributed by atoms with E-state index in [1.54, 1.807) is 18.2 Å². The van der Waals surface area contributed by atoms with Crippen LogP contribution in [0.4, 0.5) is 0 Å². The summed E-state index contributed by atoms with van der Waals surface area (Å²) in [5, 5.41) is 2.81. The fraction of sp³-hybridized carbons (Fsp3) is 0.190. The lowest BCUT2D eigenvalue weighted by Crippen LogP contribution is -2.30. The number of amides is 1. The summed E-state index contributed by atoms with van der Waals surface area (Å²) >= 11 is 1.11. The van der Waals surface area contributed by atoms with Crippen LogP contribution in [0.3, 0.4) is 0 Å². The van der Waals surface area contributed by atoms with Gasteiger partial charge in [-0.05, 0) is 49.4 Å². The minimum Gasteiger partial charge on any atom is -0.494 e. The minimum absolute atomic E-state index is 0.182. The Morgan fingerprint density at radius 3 is 2.67 bits per heavy atom.